The number of carbonyl (C=O) groups excluding carboxylic acids is 1. The van der Waals surface area contributed by atoms with Crippen molar-refractivity contribution in [2.45, 2.75) is 58.7 Å². The van der Waals surface area contributed by atoms with Crippen molar-refractivity contribution in [2.75, 3.05) is 18.0 Å². The SMILES string of the molecule is Cc1nnc(N2CCC[C@@H](NC(=O)OC(C)(C)C)C2)n(Cc2cc(F)ccc2Br)c1=O. The van der Waals surface area contributed by atoms with Gasteiger partial charge in [0.15, 0.2) is 0 Å². The molecule has 1 aliphatic heterocycles. The number of piperidine rings is 1. The number of hydrogen-bond donors (Lipinski definition) is 1. The van der Waals surface area contributed by atoms with E-state index in [1.165, 1.54) is 16.7 Å². The maximum absolute atomic E-state index is 13.8. The summed E-state index contributed by atoms with van der Waals surface area (Å²) in [6, 6.07) is 4.19. The third kappa shape index (κ3) is 6.03. The summed E-state index contributed by atoms with van der Waals surface area (Å²) in [7, 11) is 0. The van der Waals surface area contributed by atoms with Crippen molar-refractivity contribution in [3.8, 4) is 0 Å². The number of aryl methyl sites for hydroxylation is 1. The van der Waals surface area contributed by atoms with Crippen LogP contribution in [0, 0.1) is 12.7 Å². The number of hydrogen-bond acceptors (Lipinski definition) is 6. The average molecular weight is 496 g/mol. The molecule has 1 amide bonds. The van der Waals surface area contributed by atoms with E-state index in [0.717, 1.165) is 12.8 Å². The van der Waals surface area contributed by atoms with Gasteiger partial charge < -0.3 is 15.0 Å². The zero-order valence-corrected chi connectivity index (χ0v) is 19.7. The fourth-order valence-electron chi connectivity index (χ4n) is 3.46. The number of nitrogens with zero attached hydrogens (tertiary/aromatic N) is 4. The van der Waals surface area contributed by atoms with Gasteiger partial charge in [0.25, 0.3) is 5.56 Å². The number of alkyl carbamates (subject to hydrolysis) is 1. The Hall–Kier alpha value is -2.49. The van der Waals surface area contributed by atoms with Crippen LogP contribution in [0.3, 0.4) is 0 Å². The molecule has 0 bridgehead atoms. The van der Waals surface area contributed by atoms with Gasteiger partial charge in [-0.2, -0.15) is 0 Å². The van der Waals surface area contributed by atoms with Crippen molar-refractivity contribution in [1.29, 1.82) is 0 Å². The molecule has 2 aromatic rings. The molecule has 0 unspecified atom stereocenters. The molecule has 1 saturated heterocycles. The number of nitrogens with one attached hydrogen (secondary N) is 1. The highest BCUT2D eigenvalue weighted by Gasteiger charge is 2.27. The highest BCUT2D eigenvalue weighted by atomic mass is 79.9. The molecule has 1 atom stereocenters. The van der Waals surface area contributed by atoms with Crippen molar-refractivity contribution < 1.29 is 13.9 Å². The van der Waals surface area contributed by atoms with Crippen LogP contribution in [0.25, 0.3) is 0 Å². The van der Waals surface area contributed by atoms with Crippen molar-refractivity contribution in [3.63, 3.8) is 0 Å². The second-order valence-electron chi connectivity index (χ2n) is 8.64. The Morgan fingerprint density at radius 3 is 2.81 bits per heavy atom. The van der Waals surface area contributed by atoms with Crippen LogP contribution in [-0.4, -0.2) is 45.6 Å². The summed E-state index contributed by atoms with van der Waals surface area (Å²) in [5.74, 6) is 0.00795. The lowest BCUT2D eigenvalue weighted by Crippen LogP contribution is -2.50. The normalized spacial score (nSPS) is 16.8. The van der Waals surface area contributed by atoms with Crippen LogP contribution >= 0.6 is 15.9 Å². The Bertz CT molecular complexity index is 1020. The second-order valence-corrected chi connectivity index (χ2v) is 9.50. The fraction of sp³-hybridized carbons (Fsp3) is 0.524. The summed E-state index contributed by atoms with van der Waals surface area (Å²) in [5, 5.41) is 11.2. The first kappa shape index (κ1) is 23.2. The molecule has 1 aromatic heterocycles. The number of amides is 1. The number of halogens is 2. The van der Waals surface area contributed by atoms with E-state index in [2.05, 4.69) is 31.4 Å². The first-order valence-electron chi connectivity index (χ1n) is 10.2. The van der Waals surface area contributed by atoms with Crippen LogP contribution in [0.1, 0.15) is 44.9 Å². The summed E-state index contributed by atoms with van der Waals surface area (Å²) >= 11 is 3.42. The summed E-state index contributed by atoms with van der Waals surface area (Å²) in [4.78, 5) is 27.0. The molecule has 8 nitrogen and oxygen atoms in total. The first-order valence-corrected chi connectivity index (χ1v) is 11.0. The van der Waals surface area contributed by atoms with Gasteiger partial charge >= 0.3 is 6.09 Å². The van der Waals surface area contributed by atoms with Crippen molar-refractivity contribution in [1.82, 2.24) is 20.1 Å². The van der Waals surface area contributed by atoms with Crippen LogP contribution < -0.4 is 15.8 Å². The quantitative estimate of drug-likeness (QED) is 0.698. The van der Waals surface area contributed by atoms with Gasteiger partial charge in [-0.05, 0) is 64.3 Å². The smallest absolute Gasteiger partial charge is 0.407 e. The molecule has 31 heavy (non-hydrogen) atoms. The van der Waals surface area contributed by atoms with E-state index in [9.17, 15) is 14.0 Å². The van der Waals surface area contributed by atoms with Crippen LogP contribution in [0.5, 0.6) is 0 Å². The monoisotopic (exact) mass is 495 g/mol. The number of aromatic nitrogens is 3. The van der Waals surface area contributed by atoms with Crippen LogP contribution in [0.15, 0.2) is 27.5 Å². The summed E-state index contributed by atoms with van der Waals surface area (Å²) < 4.78 is 21.3. The number of ether oxygens (including phenoxy) is 1. The largest absolute Gasteiger partial charge is 0.444 e. The van der Waals surface area contributed by atoms with Gasteiger partial charge in [-0.3, -0.25) is 9.36 Å². The number of carbonyl (C=O) groups is 1. The zero-order valence-electron chi connectivity index (χ0n) is 18.1. The van der Waals surface area contributed by atoms with E-state index in [-0.39, 0.29) is 29.7 Å². The lowest BCUT2D eigenvalue weighted by molar-refractivity contribution is 0.0499. The molecule has 1 aromatic carbocycles. The van der Waals surface area contributed by atoms with Crippen molar-refractivity contribution in [3.05, 3.63) is 50.1 Å². The van der Waals surface area contributed by atoms with Crippen LogP contribution in [0.4, 0.5) is 15.1 Å². The molecule has 1 aliphatic rings. The molecule has 1 N–H and O–H groups in total. The molecule has 2 heterocycles. The first-order chi connectivity index (χ1) is 14.5. The van der Waals surface area contributed by atoms with Gasteiger partial charge in [-0.25, -0.2) is 9.18 Å². The van der Waals surface area contributed by atoms with E-state index in [1.54, 1.807) is 13.0 Å². The average Bonchev–Trinajstić information content (AvgIpc) is 2.67. The molecule has 0 aliphatic carbocycles. The van der Waals surface area contributed by atoms with E-state index in [0.29, 0.717) is 29.1 Å². The van der Waals surface area contributed by atoms with Gasteiger partial charge in [-0.15, -0.1) is 10.2 Å². The minimum atomic E-state index is -0.584. The number of rotatable bonds is 4. The molecular weight excluding hydrogens is 469 g/mol. The van der Waals surface area contributed by atoms with Crippen LogP contribution in [-0.2, 0) is 11.3 Å². The molecule has 3 rings (SSSR count). The van der Waals surface area contributed by atoms with E-state index < -0.39 is 11.7 Å². The third-order valence-electron chi connectivity index (χ3n) is 4.85. The van der Waals surface area contributed by atoms with E-state index in [4.69, 9.17) is 4.74 Å². The molecular formula is C21H27BrFN5O3. The predicted octanol–water partition coefficient (Wildman–Crippen LogP) is 3.39. The Morgan fingerprint density at radius 1 is 1.35 bits per heavy atom. The van der Waals surface area contributed by atoms with Gasteiger partial charge in [-0.1, -0.05) is 15.9 Å². The molecule has 10 heteroatoms. The Kier molecular flexibility index (Phi) is 6.98. The molecule has 1 fully saturated rings. The lowest BCUT2D eigenvalue weighted by atomic mass is 10.1. The Balaban J connectivity index is 1.85. The standard InChI is InChI=1S/C21H27BrFN5O3/c1-13-18(29)28(11-14-10-15(23)7-8-17(14)22)19(26-25-13)27-9-5-6-16(12-27)24-20(30)31-21(2,3)4/h7-8,10,16H,5-6,9,11-12H2,1-4H3,(H,24,30)/t16-/m1/s1. The Labute approximate surface area is 188 Å². The van der Waals surface area contributed by atoms with Crippen molar-refractivity contribution in [2.24, 2.45) is 0 Å². The minimum Gasteiger partial charge on any atom is -0.444 e. The summed E-state index contributed by atoms with van der Waals surface area (Å²) in [5.41, 5.74) is 0.0102. The lowest BCUT2D eigenvalue weighted by Gasteiger charge is -2.35. The number of anilines is 1. The minimum absolute atomic E-state index is 0.142. The maximum Gasteiger partial charge on any atom is 0.407 e. The fourth-order valence-corrected chi connectivity index (χ4v) is 3.84. The molecule has 0 saturated carbocycles. The topological polar surface area (TPSA) is 89.3 Å². The summed E-state index contributed by atoms with van der Waals surface area (Å²) in [6.07, 6.45) is 1.11. The van der Waals surface area contributed by atoms with E-state index in [1.807, 2.05) is 25.7 Å². The maximum atomic E-state index is 13.8. The molecule has 168 valence electrons. The third-order valence-corrected chi connectivity index (χ3v) is 5.62. The van der Waals surface area contributed by atoms with Gasteiger partial charge in [0.05, 0.1) is 6.54 Å². The predicted molar refractivity (Wildman–Crippen MR) is 119 cm³/mol. The molecule has 0 radical (unpaired) electrons. The Morgan fingerprint density at radius 2 is 2.10 bits per heavy atom. The van der Waals surface area contributed by atoms with E-state index >= 15 is 0 Å². The molecule has 0 spiro atoms. The van der Waals surface area contributed by atoms with Gasteiger partial charge in [0, 0.05) is 23.6 Å². The number of benzene rings is 1. The van der Waals surface area contributed by atoms with Crippen molar-refractivity contribution >= 4 is 28.0 Å². The highest BCUT2D eigenvalue weighted by Crippen LogP contribution is 2.22. The zero-order chi connectivity index (χ0) is 22.8. The summed E-state index contributed by atoms with van der Waals surface area (Å²) in [6.45, 7) is 8.29. The van der Waals surface area contributed by atoms with Crippen LogP contribution in [0.2, 0.25) is 0 Å². The highest BCUT2D eigenvalue weighted by molar-refractivity contribution is 9.10. The van der Waals surface area contributed by atoms with Gasteiger partial charge in [0.2, 0.25) is 5.95 Å². The second kappa shape index (κ2) is 9.33. The van der Waals surface area contributed by atoms with Gasteiger partial charge in [0.1, 0.15) is 17.1 Å².